The van der Waals surface area contributed by atoms with E-state index in [1.807, 2.05) is 0 Å². The maximum atomic E-state index is 12.2. The normalized spacial score (nSPS) is 10.2. The Bertz CT molecular complexity index is 401. The van der Waals surface area contributed by atoms with Gasteiger partial charge < -0.3 is 25.3 Å². The predicted molar refractivity (Wildman–Crippen MR) is 76.4 cm³/mol. The third kappa shape index (κ3) is 4.71. The lowest BCUT2D eigenvalue weighted by atomic mass is 10.1. The van der Waals surface area contributed by atoms with Crippen molar-refractivity contribution in [2.24, 2.45) is 5.73 Å². The van der Waals surface area contributed by atoms with E-state index in [1.54, 1.807) is 18.2 Å². The van der Waals surface area contributed by atoms with Crippen molar-refractivity contribution in [1.29, 1.82) is 0 Å². The monoisotopic (exact) mass is 282 g/mol. The summed E-state index contributed by atoms with van der Waals surface area (Å²) in [5.41, 5.74) is 5.71. The van der Waals surface area contributed by atoms with Crippen molar-refractivity contribution in [1.82, 2.24) is 5.32 Å². The molecule has 0 atom stereocenters. The lowest BCUT2D eigenvalue weighted by molar-refractivity contribution is 0.0937. The van der Waals surface area contributed by atoms with E-state index in [2.05, 4.69) is 5.32 Å². The number of carbonyl (C=O) groups is 1. The average Bonchev–Trinajstić information content (AvgIpc) is 2.49. The molecule has 112 valence electrons. The van der Waals surface area contributed by atoms with Crippen molar-refractivity contribution >= 4 is 5.91 Å². The molecular formula is C14H22N2O4. The highest BCUT2D eigenvalue weighted by molar-refractivity contribution is 5.99. The lowest BCUT2D eigenvalue weighted by Gasteiger charge is -2.13. The molecule has 1 rings (SSSR count). The predicted octanol–water partition coefficient (Wildman–Crippen LogP) is 0.799. The van der Waals surface area contributed by atoms with Gasteiger partial charge in [0, 0.05) is 19.7 Å². The molecule has 6 nitrogen and oxygen atoms in total. The van der Waals surface area contributed by atoms with E-state index in [-0.39, 0.29) is 5.91 Å². The molecule has 0 unspecified atom stereocenters. The van der Waals surface area contributed by atoms with E-state index in [0.29, 0.717) is 43.4 Å². The number of nitrogens with one attached hydrogen (secondary N) is 1. The second-order valence-electron chi connectivity index (χ2n) is 4.05. The van der Waals surface area contributed by atoms with Gasteiger partial charge in [0.1, 0.15) is 17.1 Å². The van der Waals surface area contributed by atoms with Gasteiger partial charge in [-0.15, -0.1) is 0 Å². The highest BCUT2D eigenvalue weighted by Crippen LogP contribution is 2.27. The zero-order valence-corrected chi connectivity index (χ0v) is 12.0. The minimum absolute atomic E-state index is 0.224. The van der Waals surface area contributed by atoms with Crippen LogP contribution in [0.3, 0.4) is 0 Å². The van der Waals surface area contributed by atoms with E-state index in [9.17, 15) is 4.79 Å². The first-order valence-electron chi connectivity index (χ1n) is 6.51. The Balaban J connectivity index is 2.54. The highest BCUT2D eigenvalue weighted by Gasteiger charge is 2.17. The third-order valence-electron chi connectivity index (χ3n) is 2.67. The summed E-state index contributed by atoms with van der Waals surface area (Å²) < 4.78 is 15.6. The summed E-state index contributed by atoms with van der Waals surface area (Å²) in [6, 6.07) is 5.22. The number of hydrogen-bond acceptors (Lipinski definition) is 5. The Morgan fingerprint density at radius 3 is 2.40 bits per heavy atom. The number of amides is 1. The zero-order valence-electron chi connectivity index (χ0n) is 12.0. The molecule has 0 bridgehead atoms. The Hall–Kier alpha value is -1.79. The molecule has 0 saturated carbocycles. The number of methoxy groups -OCH3 is 2. The van der Waals surface area contributed by atoms with Crippen LogP contribution in [0.1, 0.15) is 16.8 Å². The quantitative estimate of drug-likeness (QED) is 0.655. The van der Waals surface area contributed by atoms with Gasteiger partial charge >= 0.3 is 0 Å². The van der Waals surface area contributed by atoms with Crippen LogP contribution in [0, 0.1) is 0 Å². The fraction of sp³-hybridized carbons (Fsp3) is 0.500. The molecule has 3 N–H and O–H groups in total. The first kappa shape index (κ1) is 16.3. The summed E-state index contributed by atoms with van der Waals surface area (Å²) in [6.07, 6.45) is 0.725. The first-order chi connectivity index (χ1) is 9.74. The van der Waals surface area contributed by atoms with E-state index in [0.717, 1.165) is 6.42 Å². The van der Waals surface area contributed by atoms with Gasteiger partial charge in [-0.1, -0.05) is 6.07 Å². The van der Waals surface area contributed by atoms with Crippen LogP contribution >= 0.6 is 0 Å². The smallest absolute Gasteiger partial charge is 0.258 e. The molecule has 0 aliphatic rings. The number of ether oxygens (including phenoxy) is 3. The van der Waals surface area contributed by atoms with Crippen molar-refractivity contribution in [2.45, 2.75) is 6.42 Å². The van der Waals surface area contributed by atoms with Crippen molar-refractivity contribution in [3.05, 3.63) is 23.8 Å². The van der Waals surface area contributed by atoms with E-state index < -0.39 is 0 Å². The topological polar surface area (TPSA) is 82.8 Å². The van der Waals surface area contributed by atoms with Crippen LogP contribution in [0.2, 0.25) is 0 Å². The van der Waals surface area contributed by atoms with Crippen LogP contribution < -0.4 is 20.5 Å². The Kier molecular flexibility index (Phi) is 7.46. The van der Waals surface area contributed by atoms with Crippen LogP contribution in [-0.4, -0.2) is 46.4 Å². The number of benzene rings is 1. The van der Waals surface area contributed by atoms with Gasteiger partial charge in [0.15, 0.2) is 0 Å². The molecule has 0 aliphatic carbocycles. The van der Waals surface area contributed by atoms with Gasteiger partial charge in [-0.25, -0.2) is 0 Å². The molecule has 0 aromatic heterocycles. The van der Waals surface area contributed by atoms with Crippen molar-refractivity contribution in [3.8, 4) is 11.5 Å². The zero-order chi connectivity index (χ0) is 14.8. The molecule has 6 heteroatoms. The standard InChI is InChI=1S/C14H22N2O4/c1-18-11-5-3-6-12(19-2)13(11)14(17)16-8-4-9-20-10-7-15/h3,5-6H,4,7-10,15H2,1-2H3,(H,16,17). The van der Waals surface area contributed by atoms with Gasteiger partial charge in [-0.05, 0) is 18.6 Å². The summed E-state index contributed by atoms with van der Waals surface area (Å²) in [6.45, 7) is 2.13. The van der Waals surface area contributed by atoms with E-state index in [1.165, 1.54) is 14.2 Å². The Morgan fingerprint density at radius 2 is 1.85 bits per heavy atom. The van der Waals surface area contributed by atoms with E-state index >= 15 is 0 Å². The summed E-state index contributed by atoms with van der Waals surface area (Å²) in [7, 11) is 3.04. The Morgan fingerprint density at radius 1 is 1.20 bits per heavy atom. The molecule has 0 radical (unpaired) electrons. The molecular weight excluding hydrogens is 260 g/mol. The van der Waals surface area contributed by atoms with Crippen LogP contribution in [0.25, 0.3) is 0 Å². The number of hydrogen-bond donors (Lipinski definition) is 2. The van der Waals surface area contributed by atoms with Crippen LogP contribution in [0.4, 0.5) is 0 Å². The minimum Gasteiger partial charge on any atom is -0.496 e. The number of carbonyl (C=O) groups excluding carboxylic acids is 1. The largest absolute Gasteiger partial charge is 0.496 e. The molecule has 1 aromatic carbocycles. The molecule has 0 spiro atoms. The summed E-state index contributed by atoms with van der Waals surface area (Å²) in [5.74, 6) is 0.751. The van der Waals surface area contributed by atoms with Crippen LogP contribution in [0.15, 0.2) is 18.2 Å². The maximum absolute atomic E-state index is 12.2. The average molecular weight is 282 g/mol. The third-order valence-corrected chi connectivity index (χ3v) is 2.67. The van der Waals surface area contributed by atoms with Gasteiger partial charge in [0.25, 0.3) is 5.91 Å². The Labute approximate surface area is 119 Å². The minimum atomic E-state index is -0.224. The molecule has 0 aliphatic heterocycles. The van der Waals surface area contributed by atoms with Crippen LogP contribution in [-0.2, 0) is 4.74 Å². The number of rotatable bonds is 9. The lowest BCUT2D eigenvalue weighted by Crippen LogP contribution is -2.26. The van der Waals surface area contributed by atoms with Gasteiger partial charge in [0.2, 0.25) is 0 Å². The fourth-order valence-corrected chi connectivity index (χ4v) is 1.72. The van der Waals surface area contributed by atoms with Gasteiger partial charge in [-0.3, -0.25) is 4.79 Å². The molecule has 0 heterocycles. The fourth-order valence-electron chi connectivity index (χ4n) is 1.72. The van der Waals surface area contributed by atoms with Gasteiger partial charge in [0.05, 0.1) is 20.8 Å². The SMILES string of the molecule is COc1cccc(OC)c1C(=O)NCCCOCCN. The summed E-state index contributed by atoms with van der Waals surface area (Å²) in [4.78, 5) is 12.2. The molecule has 1 amide bonds. The summed E-state index contributed by atoms with van der Waals surface area (Å²) >= 11 is 0. The molecule has 0 fully saturated rings. The van der Waals surface area contributed by atoms with Crippen LogP contribution in [0.5, 0.6) is 11.5 Å². The summed E-state index contributed by atoms with van der Waals surface area (Å²) in [5, 5.41) is 2.82. The van der Waals surface area contributed by atoms with Crippen molar-refractivity contribution < 1.29 is 19.0 Å². The highest BCUT2D eigenvalue weighted by atomic mass is 16.5. The molecule has 1 aromatic rings. The molecule has 20 heavy (non-hydrogen) atoms. The second kappa shape index (κ2) is 9.17. The van der Waals surface area contributed by atoms with Crippen molar-refractivity contribution in [2.75, 3.05) is 40.5 Å². The van der Waals surface area contributed by atoms with E-state index in [4.69, 9.17) is 19.9 Å². The van der Waals surface area contributed by atoms with Gasteiger partial charge in [-0.2, -0.15) is 0 Å². The van der Waals surface area contributed by atoms with Crippen molar-refractivity contribution in [3.63, 3.8) is 0 Å². The maximum Gasteiger partial charge on any atom is 0.258 e. The first-order valence-corrected chi connectivity index (χ1v) is 6.51. The molecule has 0 saturated heterocycles. The number of nitrogens with two attached hydrogens (primary N) is 1. The second-order valence-corrected chi connectivity index (χ2v) is 4.05.